The molecule has 4 heteroatoms. The smallest absolute Gasteiger partial charge is 0.255 e. The van der Waals surface area contributed by atoms with Gasteiger partial charge in [0.15, 0.2) is 0 Å². The Kier molecular flexibility index (Phi) is 5.49. The van der Waals surface area contributed by atoms with Crippen molar-refractivity contribution in [3.05, 3.63) is 65.7 Å². The van der Waals surface area contributed by atoms with Gasteiger partial charge in [0.2, 0.25) is 0 Å². The second-order valence-corrected chi connectivity index (χ2v) is 6.46. The lowest BCUT2D eigenvalue weighted by Crippen LogP contribution is -2.43. The van der Waals surface area contributed by atoms with Crippen LogP contribution in [0.5, 0.6) is 0 Å². The maximum atomic E-state index is 12.9. The summed E-state index contributed by atoms with van der Waals surface area (Å²) in [5.41, 5.74) is 1.83. The van der Waals surface area contributed by atoms with Gasteiger partial charge in [-0.05, 0) is 56.0 Å². The first-order valence-electron chi connectivity index (χ1n) is 8.96. The highest BCUT2D eigenvalue weighted by molar-refractivity contribution is 6.06. The van der Waals surface area contributed by atoms with Crippen LogP contribution in [0.3, 0.4) is 0 Å². The average Bonchev–Trinajstić information content (AvgIpc) is 2.68. The number of benzene rings is 2. The normalized spacial score (nSPS) is 17.2. The van der Waals surface area contributed by atoms with Crippen molar-refractivity contribution >= 4 is 17.5 Å². The van der Waals surface area contributed by atoms with Gasteiger partial charge in [0.1, 0.15) is 0 Å². The zero-order valence-electron chi connectivity index (χ0n) is 14.6. The zero-order valence-corrected chi connectivity index (χ0v) is 14.6. The number of hydrogen-bond acceptors (Lipinski definition) is 2. The highest BCUT2D eigenvalue weighted by Crippen LogP contribution is 2.22. The summed E-state index contributed by atoms with van der Waals surface area (Å²) in [5.74, 6) is -0.174. The van der Waals surface area contributed by atoms with Crippen LogP contribution in [-0.4, -0.2) is 29.3 Å². The van der Waals surface area contributed by atoms with Gasteiger partial charge in [0.05, 0.1) is 0 Å². The SMILES string of the molecule is CCC1CCCCN1C(=O)c1cccc(C(=O)Nc2ccccc2)c1. The van der Waals surface area contributed by atoms with E-state index in [1.807, 2.05) is 35.2 Å². The molecule has 1 unspecified atom stereocenters. The molecule has 3 rings (SSSR count). The third-order valence-electron chi connectivity index (χ3n) is 4.76. The molecule has 1 saturated heterocycles. The van der Waals surface area contributed by atoms with Crippen LogP contribution in [0.1, 0.15) is 53.3 Å². The van der Waals surface area contributed by atoms with Crippen molar-refractivity contribution < 1.29 is 9.59 Å². The lowest BCUT2D eigenvalue weighted by atomic mass is 9.98. The van der Waals surface area contributed by atoms with E-state index >= 15 is 0 Å². The molecule has 2 amide bonds. The van der Waals surface area contributed by atoms with Gasteiger partial charge < -0.3 is 10.2 Å². The van der Waals surface area contributed by atoms with E-state index in [0.717, 1.165) is 31.5 Å². The molecule has 0 aromatic heterocycles. The van der Waals surface area contributed by atoms with Gasteiger partial charge in [-0.25, -0.2) is 0 Å². The fourth-order valence-corrected chi connectivity index (χ4v) is 3.38. The lowest BCUT2D eigenvalue weighted by Gasteiger charge is -2.35. The Bertz CT molecular complexity index is 743. The molecule has 0 aliphatic carbocycles. The fraction of sp³-hybridized carbons (Fsp3) is 0.333. The Morgan fingerprint density at radius 1 is 1.04 bits per heavy atom. The van der Waals surface area contributed by atoms with Gasteiger partial charge in [-0.2, -0.15) is 0 Å². The van der Waals surface area contributed by atoms with E-state index < -0.39 is 0 Å². The van der Waals surface area contributed by atoms with E-state index in [1.165, 1.54) is 6.42 Å². The number of likely N-dealkylation sites (tertiary alicyclic amines) is 1. The first kappa shape index (κ1) is 17.2. The predicted molar refractivity (Wildman–Crippen MR) is 99.8 cm³/mol. The van der Waals surface area contributed by atoms with Crippen molar-refractivity contribution in [1.82, 2.24) is 4.90 Å². The summed E-state index contributed by atoms with van der Waals surface area (Å²) in [6.07, 6.45) is 4.27. The van der Waals surface area contributed by atoms with E-state index in [4.69, 9.17) is 0 Å². The minimum atomic E-state index is -0.202. The van der Waals surface area contributed by atoms with E-state index in [9.17, 15) is 9.59 Å². The fourth-order valence-electron chi connectivity index (χ4n) is 3.38. The lowest BCUT2D eigenvalue weighted by molar-refractivity contribution is 0.0608. The largest absolute Gasteiger partial charge is 0.336 e. The van der Waals surface area contributed by atoms with Gasteiger partial charge in [-0.1, -0.05) is 31.2 Å². The molecule has 2 aromatic carbocycles. The number of para-hydroxylation sites is 1. The maximum absolute atomic E-state index is 12.9. The first-order valence-corrected chi connectivity index (χ1v) is 8.96. The number of piperidine rings is 1. The van der Waals surface area contributed by atoms with Crippen LogP contribution in [0.2, 0.25) is 0 Å². The molecule has 0 radical (unpaired) electrons. The van der Waals surface area contributed by atoms with Gasteiger partial charge in [0.25, 0.3) is 11.8 Å². The standard InChI is InChI=1S/C21H24N2O2/c1-2-19-13-6-7-14-23(19)21(25)17-10-8-9-16(15-17)20(24)22-18-11-4-3-5-12-18/h3-5,8-12,15,19H,2,6-7,13-14H2,1H3,(H,22,24). The van der Waals surface area contributed by atoms with Crippen molar-refractivity contribution in [2.45, 2.75) is 38.6 Å². The van der Waals surface area contributed by atoms with Crippen molar-refractivity contribution in [1.29, 1.82) is 0 Å². The van der Waals surface area contributed by atoms with E-state index in [1.54, 1.807) is 24.3 Å². The molecular weight excluding hydrogens is 312 g/mol. The second-order valence-electron chi connectivity index (χ2n) is 6.46. The number of carbonyl (C=O) groups is 2. The molecule has 0 spiro atoms. The minimum absolute atomic E-state index is 0.0286. The van der Waals surface area contributed by atoms with E-state index in [2.05, 4.69) is 12.2 Å². The number of rotatable bonds is 4. The summed E-state index contributed by atoms with van der Waals surface area (Å²) in [7, 11) is 0. The molecular formula is C21H24N2O2. The topological polar surface area (TPSA) is 49.4 Å². The molecule has 1 heterocycles. The van der Waals surface area contributed by atoms with Gasteiger partial charge >= 0.3 is 0 Å². The molecule has 0 bridgehead atoms. The molecule has 1 N–H and O–H groups in total. The van der Waals surface area contributed by atoms with Crippen LogP contribution in [0.15, 0.2) is 54.6 Å². The number of hydrogen-bond donors (Lipinski definition) is 1. The van der Waals surface area contributed by atoms with E-state index in [0.29, 0.717) is 17.2 Å². The van der Waals surface area contributed by atoms with E-state index in [-0.39, 0.29) is 11.8 Å². The molecule has 1 atom stereocenters. The highest BCUT2D eigenvalue weighted by atomic mass is 16.2. The molecule has 1 aliphatic heterocycles. The molecule has 130 valence electrons. The summed E-state index contributed by atoms with van der Waals surface area (Å²) in [5, 5.41) is 2.86. The second kappa shape index (κ2) is 7.97. The third-order valence-corrected chi connectivity index (χ3v) is 4.76. The quantitative estimate of drug-likeness (QED) is 0.903. The van der Waals surface area contributed by atoms with Crippen molar-refractivity contribution in [3.8, 4) is 0 Å². The Labute approximate surface area is 148 Å². The van der Waals surface area contributed by atoms with Crippen LogP contribution < -0.4 is 5.32 Å². The highest BCUT2D eigenvalue weighted by Gasteiger charge is 2.26. The van der Waals surface area contributed by atoms with Gasteiger partial charge in [-0.3, -0.25) is 9.59 Å². The van der Waals surface area contributed by atoms with Crippen LogP contribution in [0.25, 0.3) is 0 Å². The van der Waals surface area contributed by atoms with Crippen LogP contribution >= 0.6 is 0 Å². The predicted octanol–water partition coefficient (Wildman–Crippen LogP) is 4.34. The summed E-state index contributed by atoms with van der Waals surface area (Å²) in [6, 6.07) is 16.6. The summed E-state index contributed by atoms with van der Waals surface area (Å²) in [4.78, 5) is 27.3. The summed E-state index contributed by atoms with van der Waals surface area (Å²) < 4.78 is 0. The van der Waals surface area contributed by atoms with Gasteiger partial charge in [-0.15, -0.1) is 0 Å². The van der Waals surface area contributed by atoms with Gasteiger partial charge in [0, 0.05) is 29.4 Å². The summed E-state index contributed by atoms with van der Waals surface area (Å²) >= 11 is 0. The molecule has 25 heavy (non-hydrogen) atoms. The van der Waals surface area contributed by atoms with Crippen LogP contribution in [0.4, 0.5) is 5.69 Å². The molecule has 4 nitrogen and oxygen atoms in total. The Morgan fingerprint density at radius 3 is 2.56 bits per heavy atom. The number of anilines is 1. The first-order chi connectivity index (χ1) is 12.2. The van der Waals surface area contributed by atoms with Crippen LogP contribution in [0, 0.1) is 0 Å². The molecule has 1 fully saturated rings. The minimum Gasteiger partial charge on any atom is -0.336 e. The van der Waals surface area contributed by atoms with Crippen molar-refractivity contribution in [3.63, 3.8) is 0 Å². The monoisotopic (exact) mass is 336 g/mol. The molecule has 2 aromatic rings. The molecule has 1 aliphatic rings. The number of carbonyl (C=O) groups excluding carboxylic acids is 2. The average molecular weight is 336 g/mol. The Morgan fingerprint density at radius 2 is 1.80 bits per heavy atom. The number of nitrogens with zero attached hydrogens (tertiary/aromatic N) is 1. The molecule has 0 saturated carbocycles. The zero-order chi connectivity index (χ0) is 17.6. The van der Waals surface area contributed by atoms with Crippen molar-refractivity contribution in [2.24, 2.45) is 0 Å². The van der Waals surface area contributed by atoms with Crippen molar-refractivity contribution in [2.75, 3.05) is 11.9 Å². The Balaban J connectivity index is 1.76. The third kappa shape index (κ3) is 4.08. The maximum Gasteiger partial charge on any atom is 0.255 e. The summed E-state index contributed by atoms with van der Waals surface area (Å²) in [6.45, 7) is 2.93. The number of amides is 2. The van der Waals surface area contributed by atoms with Crippen LogP contribution in [-0.2, 0) is 0 Å². The number of nitrogens with one attached hydrogen (secondary N) is 1. The Hall–Kier alpha value is -2.62.